The molecular weight excluding hydrogens is 244 g/mol. The van der Waals surface area contributed by atoms with E-state index in [4.69, 9.17) is 20.7 Å². The summed E-state index contributed by atoms with van der Waals surface area (Å²) >= 11 is 0. The lowest BCUT2D eigenvalue weighted by molar-refractivity contribution is -0.143. The van der Waals surface area contributed by atoms with E-state index in [0.29, 0.717) is 0 Å². The van der Waals surface area contributed by atoms with Gasteiger partial charge in [0.1, 0.15) is 6.04 Å². The second-order valence-electron chi connectivity index (χ2n) is 4.14. The molecule has 0 aromatic heterocycles. The van der Waals surface area contributed by atoms with Crippen molar-refractivity contribution in [1.29, 1.82) is 0 Å². The molecule has 1 aliphatic rings. The van der Waals surface area contributed by atoms with Crippen molar-refractivity contribution in [2.24, 2.45) is 11.7 Å². The summed E-state index contributed by atoms with van der Waals surface area (Å²) in [5.74, 6) is -3.48. The number of nitrogens with one attached hydrogen (secondary N) is 1. The van der Waals surface area contributed by atoms with Crippen LogP contribution >= 0.6 is 0 Å². The molecule has 102 valence electrons. The zero-order valence-corrected chi connectivity index (χ0v) is 9.67. The second kappa shape index (κ2) is 6.31. The van der Waals surface area contributed by atoms with Gasteiger partial charge in [-0.2, -0.15) is 0 Å². The molecule has 0 bridgehead atoms. The number of amides is 1. The van der Waals surface area contributed by atoms with Crippen molar-refractivity contribution in [3.8, 4) is 0 Å². The lowest BCUT2D eigenvalue weighted by Crippen LogP contribution is -2.48. The van der Waals surface area contributed by atoms with Crippen LogP contribution in [0.3, 0.4) is 0 Å². The molecule has 1 rings (SSSR count). The maximum absolute atomic E-state index is 11.7. The minimum atomic E-state index is -1.27. The van der Waals surface area contributed by atoms with Gasteiger partial charge in [-0.25, -0.2) is 4.79 Å². The van der Waals surface area contributed by atoms with Gasteiger partial charge < -0.3 is 26.0 Å². The molecule has 1 saturated heterocycles. The van der Waals surface area contributed by atoms with Gasteiger partial charge in [0, 0.05) is 12.5 Å². The number of carboxylic acids is 2. The van der Waals surface area contributed by atoms with E-state index in [1.165, 1.54) is 0 Å². The number of carbonyl (C=O) groups is 3. The van der Waals surface area contributed by atoms with Crippen LogP contribution in [0.5, 0.6) is 0 Å². The molecule has 0 radical (unpaired) electrons. The highest BCUT2D eigenvalue weighted by Gasteiger charge is 2.33. The number of nitrogens with two attached hydrogens (primary N) is 1. The van der Waals surface area contributed by atoms with Crippen LogP contribution in [0, 0.1) is 5.92 Å². The van der Waals surface area contributed by atoms with Crippen LogP contribution in [0.2, 0.25) is 0 Å². The van der Waals surface area contributed by atoms with Gasteiger partial charge in [0.15, 0.2) is 0 Å². The summed E-state index contributed by atoms with van der Waals surface area (Å²) < 4.78 is 5.00. The molecule has 8 heteroatoms. The van der Waals surface area contributed by atoms with E-state index in [2.05, 4.69) is 5.32 Å². The number of hydrogen-bond acceptors (Lipinski definition) is 5. The molecule has 1 aliphatic heterocycles. The second-order valence-corrected chi connectivity index (χ2v) is 4.14. The monoisotopic (exact) mass is 260 g/mol. The van der Waals surface area contributed by atoms with Crippen LogP contribution in [0.25, 0.3) is 0 Å². The number of ether oxygens (including phenoxy) is 1. The Morgan fingerprint density at radius 1 is 1.33 bits per heavy atom. The summed E-state index contributed by atoms with van der Waals surface area (Å²) in [7, 11) is 0. The molecule has 0 saturated carbocycles. The summed E-state index contributed by atoms with van der Waals surface area (Å²) in [6, 6.07) is -1.68. The highest BCUT2D eigenvalue weighted by Crippen LogP contribution is 2.12. The maximum Gasteiger partial charge on any atom is 0.326 e. The number of rotatable bonds is 6. The van der Waals surface area contributed by atoms with E-state index >= 15 is 0 Å². The predicted molar refractivity (Wildman–Crippen MR) is 58.7 cm³/mol. The van der Waals surface area contributed by atoms with Gasteiger partial charge in [-0.3, -0.25) is 9.59 Å². The fraction of sp³-hybridized carbons (Fsp3) is 0.700. The first-order valence-electron chi connectivity index (χ1n) is 5.50. The molecule has 1 amide bonds. The average molecular weight is 260 g/mol. The smallest absolute Gasteiger partial charge is 0.326 e. The van der Waals surface area contributed by atoms with Crippen molar-refractivity contribution in [2.45, 2.75) is 24.9 Å². The molecule has 18 heavy (non-hydrogen) atoms. The number of hydrogen-bond donors (Lipinski definition) is 4. The van der Waals surface area contributed by atoms with Gasteiger partial charge in [0.2, 0.25) is 5.91 Å². The first-order valence-corrected chi connectivity index (χ1v) is 5.50. The molecule has 3 atom stereocenters. The SMILES string of the molecule is NC1COCC1C(=O)NC(CCC(=O)O)C(=O)O. The fourth-order valence-corrected chi connectivity index (χ4v) is 1.64. The molecule has 0 aromatic carbocycles. The zero-order chi connectivity index (χ0) is 13.7. The first kappa shape index (κ1) is 14.4. The van der Waals surface area contributed by atoms with Gasteiger partial charge in [-0.05, 0) is 6.42 Å². The Morgan fingerprint density at radius 2 is 2.00 bits per heavy atom. The summed E-state index contributed by atoms with van der Waals surface area (Å²) in [4.78, 5) is 33.0. The Labute approximate surface area is 103 Å². The Hall–Kier alpha value is -1.67. The van der Waals surface area contributed by atoms with E-state index in [9.17, 15) is 14.4 Å². The minimum Gasteiger partial charge on any atom is -0.481 e. The molecule has 0 aliphatic carbocycles. The lowest BCUT2D eigenvalue weighted by Gasteiger charge is -2.18. The Bertz CT molecular complexity index is 345. The van der Waals surface area contributed by atoms with Crippen LogP contribution in [-0.2, 0) is 19.1 Å². The van der Waals surface area contributed by atoms with Gasteiger partial charge in [0.05, 0.1) is 19.1 Å². The highest BCUT2D eigenvalue weighted by molar-refractivity contribution is 5.86. The van der Waals surface area contributed by atoms with E-state index in [1.54, 1.807) is 0 Å². The van der Waals surface area contributed by atoms with E-state index in [0.717, 1.165) is 0 Å². The lowest BCUT2D eigenvalue weighted by atomic mass is 10.0. The largest absolute Gasteiger partial charge is 0.481 e. The topological polar surface area (TPSA) is 139 Å². The van der Waals surface area contributed by atoms with Crippen LogP contribution in [-0.4, -0.2) is 53.4 Å². The quantitative estimate of drug-likeness (QED) is 0.450. The summed E-state index contributed by atoms with van der Waals surface area (Å²) in [6.45, 7) is 0.406. The van der Waals surface area contributed by atoms with Gasteiger partial charge in [-0.15, -0.1) is 0 Å². The summed E-state index contributed by atoms with van der Waals surface area (Å²) in [5, 5.41) is 19.6. The van der Waals surface area contributed by atoms with Crippen molar-refractivity contribution in [1.82, 2.24) is 5.32 Å². The molecule has 0 aromatic rings. The van der Waals surface area contributed by atoms with Gasteiger partial charge in [0.25, 0.3) is 0 Å². The van der Waals surface area contributed by atoms with Crippen LogP contribution in [0.4, 0.5) is 0 Å². The maximum atomic E-state index is 11.7. The van der Waals surface area contributed by atoms with E-state index in [1.807, 2.05) is 0 Å². The van der Waals surface area contributed by atoms with Crippen LogP contribution < -0.4 is 11.1 Å². The van der Waals surface area contributed by atoms with Crippen LogP contribution in [0.15, 0.2) is 0 Å². The molecule has 8 nitrogen and oxygen atoms in total. The summed E-state index contributed by atoms with van der Waals surface area (Å²) in [6.07, 6.45) is -0.496. The normalized spacial score (nSPS) is 24.5. The van der Waals surface area contributed by atoms with Gasteiger partial charge in [-0.1, -0.05) is 0 Å². The van der Waals surface area contributed by atoms with Crippen molar-refractivity contribution in [2.75, 3.05) is 13.2 Å². The first-order chi connectivity index (χ1) is 8.41. The number of aliphatic carboxylic acids is 2. The Kier molecular flexibility index (Phi) is 5.05. The number of carbonyl (C=O) groups excluding carboxylic acids is 1. The third-order valence-corrected chi connectivity index (χ3v) is 2.72. The zero-order valence-electron chi connectivity index (χ0n) is 9.67. The molecule has 0 spiro atoms. The fourth-order valence-electron chi connectivity index (χ4n) is 1.64. The third-order valence-electron chi connectivity index (χ3n) is 2.72. The highest BCUT2D eigenvalue weighted by atomic mass is 16.5. The standard InChI is InChI=1S/C10H16N2O6/c11-6-4-18-3-5(6)9(15)12-7(10(16)17)1-2-8(13)14/h5-7H,1-4,11H2,(H,12,15)(H,13,14)(H,16,17). The average Bonchev–Trinajstić information content (AvgIpc) is 2.69. The molecule has 5 N–H and O–H groups in total. The van der Waals surface area contributed by atoms with Crippen molar-refractivity contribution in [3.05, 3.63) is 0 Å². The van der Waals surface area contributed by atoms with Gasteiger partial charge >= 0.3 is 11.9 Å². The van der Waals surface area contributed by atoms with E-state index in [-0.39, 0.29) is 26.1 Å². The number of carboxylic acid groups (broad SMARTS) is 2. The van der Waals surface area contributed by atoms with Crippen LogP contribution in [0.1, 0.15) is 12.8 Å². The minimum absolute atomic E-state index is 0.151. The molecule has 1 fully saturated rings. The predicted octanol–water partition coefficient (Wildman–Crippen LogP) is -1.61. The molecule has 1 heterocycles. The van der Waals surface area contributed by atoms with E-state index < -0.39 is 35.8 Å². The molecular formula is C10H16N2O6. The Balaban J connectivity index is 2.52. The Morgan fingerprint density at radius 3 is 2.44 bits per heavy atom. The van der Waals surface area contributed by atoms with Crippen molar-refractivity contribution >= 4 is 17.8 Å². The van der Waals surface area contributed by atoms with Crippen molar-refractivity contribution in [3.63, 3.8) is 0 Å². The van der Waals surface area contributed by atoms with Crippen molar-refractivity contribution < 1.29 is 29.3 Å². The third kappa shape index (κ3) is 3.97. The summed E-state index contributed by atoms with van der Waals surface area (Å²) in [5.41, 5.74) is 5.63. The molecule has 3 unspecified atom stereocenters.